The predicted molar refractivity (Wildman–Crippen MR) is 94.9 cm³/mol. The molecule has 0 aromatic heterocycles. The molecule has 4 atom stereocenters. The van der Waals surface area contributed by atoms with Gasteiger partial charge >= 0.3 is 0 Å². The number of aliphatic hydroxyl groups is 3. The molecule has 1 saturated heterocycles. The average Bonchev–Trinajstić information content (AvgIpc) is 2.58. The van der Waals surface area contributed by atoms with E-state index in [1.807, 2.05) is 0 Å². The molecule has 142 valence electrons. The molecular formula is C19H36O5. The minimum Gasteiger partial charge on any atom is -0.388 e. The van der Waals surface area contributed by atoms with Crippen LogP contribution in [0.5, 0.6) is 0 Å². The van der Waals surface area contributed by atoms with E-state index in [9.17, 15) is 15.3 Å². The summed E-state index contributed by atoms with van der Waals surface area (Å²) in [5.41, 5.74) is 0. The van der Waals surface area contributed by atoms with Gasteiger partial charge in [0.05, 0.1) is 13.2 Å². The zero-order valence-electron chi connectivity index (χ0n) is 15.1. The van der Waals surface area contributed by atoms with Gasteiger partial charge < -0.3 is 24.8 Å². The highest BCUT2D eigenvalue weighted by Crippen LogP contribution is 2.16. The van der Waals surface area contributed by atoms with E-state index in [0.717, 1.165) is 12.8 Å². The highest BCUT2D eigenvalue weighted by molar-refractivity contribution is 4.86. The standard InChI is InChI=1S/C19H36O5/c1-2-3-4-5-6-7-8-9-10-11-12-13-23-15-17-19(22)18(21)16(20)14-24-17/h2-3,16-22H,4-15H2,1H3/b3-2+/t16-,17+,18+,19+/m0/s1. The highest BCUT2D eigenvalue weighted by atomic mass is 16.6. The first-order valence-corrected chi connectivity index (χ1v) is 9.51. The second kappa shape index (κ2) is 13.8. The van der Waals surface area contributed by atoms with E-state index in [2.05, 4.69) is 19.1 Å². The van der Waals surface area contributed by atoms with Crippen LogP contribution in [0.2, 0.25) is 0 Å². The van der Waals surface area contributed by atoms with Crippen LogP contribution in [0, 0.1) is 0 Å². The van der Waals surface area contributed by atoms with Crippen molar-refractivity contribution in [3.05, 3.63) is 12.2 Å². The van der Waals surface area contributed by atoms with Gasteiger partial charge in [-0.2, -0.15) is 0 Å². The number of hydrogen-bond donors (Lipinski definition) is 3. The minimum absolute atomic E-state index is 0.0426. The van der Waals surface area contributed by atoms with Crippen LogP contribution >= 0.6 is 0 Å². The second-order valence-corrected chi connectivity index (χ2v) is 6.68. The van der Waals surface area contributed by atoms with Crippen LogP contribution in [0.1, 0.15) is 64.7 Å². The first-order chi connectivity index (χ1) is 11.7. The smallest absolute Gasteiger partial charge is 0.111 e. The van der Waals surface area contributed by atoms with Gasteiger partial charge in [0.25, 0.3) is 0 Å². The van der Waals surface area contributed by atoms with E-state index in [4.69, 9.17) is 9.47 Å². The zero-order chi connectivity index (χ0) is 17.6. The Hall–Kier alpha value is -0.460. The fraction of sp³-hybridized carbons (Fsp3) is 0.895. The largest absolute Gasteiger partial charge is 0.388 e. The van der Waals surface area contributed by atoms with Crippen molar-refractivity contribution in [2.45, 2.75) is 89.1 Å². The van der Waals surface area contributed by atoms with Crippen molar-refractivity contribution in [1.82, 2.24) is 0 Å². The molecule has 0 saturated carbocycles. The van der Waals surface area contributed by atoms with E-state index < -0.39 is 24.4 Å². The van der Waals surface area contributed by atoms with E-state index in [-0.39, 0.29) is 13.2 Å². The molecule has 0 unspecified atom stereocenters. The molecule has 5 heteroatoms. The van der Waals surface area contributed by atoms with Gasteiger partial charge in [-0.15, -0.1) is 0 Å². The van der Waals surface area contributed by atoms with Crippen molar-refractivity contribution in [2.24, 2.45) is 0 Å². The molecule has 0 aromatic carbocycles. The van der Waals surface area contributed by atoms with Gasteiger partial charge in [0.15, 0.2) is 0 Å². The summed E-state index contributed by atoms with van der Waals surface area (Å²) in [4.78, 5) is 0. The van der Waals surface area contributed by atoms with Crippen LogP contribution in [0.15, 0.2) is 12.2 Å². The highest BCUT2D eigenvalue weighted by Gasteiger charge is 2.37. The molecule has 3 N–H and O–H groups in total. The van der Waals surface area contributed by atoms with Crippen molar-refractivity contribution in [1.29, 1.82) is 0 Å². The third kappa shape index (κ3) is 9.14. The Morgan fingerprint density at radius 3 is 2.21 bits per heavy atom. The minimum atomic E-state index is -1.15. The van der Waals surface area contributed by atoms with Crippen molar-refractivity contribution in [2.75, 3.05) is 19.8 Å². The molecule has 0 spiro atoms. The summed E-state index contributed by atoms with van der Waals surface area (Å²) in [6.07, 6.45) is 11.8. The first kappa shape index (κ1) is 21.6. The Labute approximate surface area is 146 Å². The second-order valence-electron chi connectivity index (χ2n) is 6.68. The summed E-state index contributed by atoms with van der Waals surface area (Å²) in [5.74, 6) is 0. The quantitative estimate of drug-likeness (QED) is 0.353. The number of unbranched alkanes of at least 4 members (excludes halogenated alkanes) is 8. The number of ether oxygens (including phenoxy) is 2. The first-order valence-electron chi connectivity index (χ1n) is 9.51. The van der Waals surface area contributed by atoms with Gasteiger partial charge in [-0.05, 0) is 26.2 Å². The van der Waals surface area contributed by atoms with Gasteiger partial charge in [-0.3, -0.25) is 0 Å². The molecule has 1 aliphatic rings. The lowest BCUT2D eigenvalue weighted by molar-refractivity contribution is -0.199. The lowest BCUT2D eigenvalue weighted by Gasteiger charge is -2.35. The number of hydrogen-bond acceptors (Lipinski definition) is 5. The van der Waals surface area contributed by atoms with Gasteiger partial charge in [0.2, 0.25) is 0 Å². The van der Waals surface area contributed by atoms with Crippen LogP contribution < -0.4 is 0 Å². The van der Waals surface area contributed by atoms with E-state index in [0.29, 0.717) is 6.61 Å². The lowest BCUT2D eigenvalue weighted by Crippen LogP contribution is -2.54. The maximum Gasteiger partial charge on any atom is 0.111 e. The van der Waals surface area contributed by atoms with Gasteiger partial charge in [-0.25, -0.2) is 0 Å². The topological polar surface area (TPSA) is 79.2 Å². The number of allylic oxidation sites excluding steroid dienone is 2. The average molecular weight is 344 g/mol. The molecule has 1 rings (SSSR count). The maximum absolute atomic E-state index is 9.78. The molecule has 1 heterocycles. The van der Waals surface area contributed by atoms with Crippen LogP contribution in [0.4, 0.5) is 0 Å². The Bertz CT molecular complexity index is 321. The van der Waals surface area contributed by atoms with Gasteiger partial charge in [0.1, 0.15) is 24.4 Å². The van der Waals surface area contributed by atoms with Gasteiger partial charge in [0, 0.05) is 6.61 Å². The Balaban J connectivity index is 1.85. The zero-order valence-corrected chi connectivity index (χ0v) is 15.1. The van der Waals surface area contributed by atoms with E-state index >= 15 is 0 Å². The lowest BCUT2D eigenvalue weighted by atomic mass is 10.0. The SMILES string of the molecule is C/C=C/CCCCCCCCCCOC[C@H]1OC[C@H](O)[C@@H](O)[C@@H]1O. The predicted octanol–water partition coefficient (Wildman–Crippen LogP) is 2.57. The van der Waals surface area contributed by atoms with E-state index in [1.54, 1.807) is 0 Å². The summed E-state index contributed by atoms with van der Waals surface area (Å²) in [7, 11) is 0. The summed E-state index contributed by atoms with van der Waals surface area (Å²) < 4.78 is 10.8. The molecule has 0 aliphatic carbocycles. The van der Waals surface area contributed by atoms with Crippen molar-refractivity contribution in [3.8, 4) is 0 Å². The molecule has 0 amide bonds. The normalized spacial score (nSPS) is 27.8. The molecule has 1 fully saturated rings. The fourth-order valence-corrected chi connectivity index (χ4v) is 2.91. The molecule has 1 aliphatic heterocycles. The van der Waals surface area contributed by atoms with Crippen molar-refractivity contribution < 1.29 is 24.8 Å². The molecule has 0 radical (unpaired) electrons. The summed E-state index contributed by atoms with van der Waals surface area (Å²) in [5, 5.41) is 28.7. The summed E-state index contributed by atoms with van der Waals surface area (Å²) in [6, 6.07) is 0. The third-order valence-electron chi connectivity index (χ3n) is 4.53. The Kier molecular flexibility index (Phi) is 12.4. The molecule has 24 heavy (non-hydrogen) atoms. The molecule has 0 bridgehead atoms. The summed E-state index contributed by atoms with van der Waals surface area (Å²) in [6.45, 7) is 3.02. The summed E-state index contributed by atoms with van der Waals surface area (Å²) >= 11 is 0. The number of rotatable bonds is 13. The number of aliphatic hydroxyl groups excluding tert-OH is 3. The van der Waals surface area contributed by atoms with Gasteiger partial charge in [-0.1, -0.05) is 50.7 Å². The van der Waals surface area contributed by atoms with Crippen molar-refractivity contribution in [3.63, 3.8) is 0 Å². The molecule has 5 nitrogen and oxygen atoms in total. The Morgan fingerprint density at radius 2 is 1.54 bits per heavy atom. The van der Waals surface area contributed by atoms with Crippen molar-refractivity contribution >= 4 is 0 Å². The van der Waals surface area contributed by atoms with Crippen LogP contribution in [-0.2, 0) is 9.47 Å². The third-order valence-corrected chi connectivity index (χ3v) is 4.53. The molecule has 0 aromatic rings. The van der Waals surface area contributed by atoms with Crippen LogP contribution in [0.3, 0.4) is 0 Å². The molecular weight excluding hydrogens is 308 g/mol. The fourth-order valence-electron chi connectivity index (χ4n) is 2.91. The maximum atomic E-state index is 9.78. The monoisotopic (exact) mass is 344 g/mol. The van der Waals surface area contributed by atoms with E-state index in [1.165, 1.54) is 44.9 Å². The Morgan fingerprint density at radius 1 is 0.917 bits per heavy atom. The van der Waals surface area contributed by atoms with Crippen LogP contribution in [-0.4, -0.2) is 59.6 Å². The van der Waals surface area contributed by atoms with Crippen LogP contribution in [0.25, 0.3) is 0 Å².